The van der Waals surface area contributed by atoms with E-state index in [-0.39, 0.29) is 29.3 Å². The quantitative estimate of drug-likeness (QED) is 0.134. The van der Waals surface area contributed by atoms with Crippen LogP contribution in [0.4, 0.5) is 33.6 Å². The van der Waals surface area contributed by atoms with Gasteiger partial charge in [-0.25, -0.2) is 19.7 Å². The lowest BCUT2D eigenvalue weighted by molar-refractivity contribution is -0.120. The Bertz CT molecular complexity index is 2460. The van der Waals surface area contributed by atoms with Crippen molar-refractivity contribution in [2.45, 2.75) is 84.2 Å². The molecule has 16 heteroatoms. The Kier molecular flexibility index (Phi) is 11.3. The molecule has 16 nitrogen and oxygen atoms in total. The van der Waals surface area contributed by atoms with Crippen LogP contribution in [-0.4, -0.2) is 99.7 Å². The predicted octanol–water partition coefficient (Wildman–Crippen LogP) is 6.78. The van der Waals surface area contributed by atoms with Crippen molar-refractivity contribution in [3.8, 4) is 11.3 Å². The highest BCUT2D eigenvalue weighted by Gasteiger charge is 2.48. The van der Waals surface area contributed by atoms with Gasteiger partial charge in [-0.3, -0.25) is 24.7 Å². The number of piperazine rings is 1. The van der Waals surface area contributed by atoms with Crippen molar-refractivity contribution in [2.75, 3.05) is 65.8 Å². The molecule has 0 radical (unpaired) electrons. The van der Waals surface area contributed by atoms with Gasteiger partial charge in [0, 0.05) is 86.8 Å². The minimum absolute atomic E-state index is 0.0493. The molecule has 63 heavy (non-hydrogen) atoms. The van der Waals surface area contributed by atoms with Gasteiger partial charge in [-0.2, -0.15) is 4.98 Å². The molecule has 4 fully saturated rings. The van der Waals surface area contributed by atoms with Crippen LogP contribution < -0.4 is 30.7 Å². The van der Waals surface area contributed by atoms with Gasteiger partial charge in [-0.05, 0) is 105 Å². The van der Waals surface area contributed by atoms with E-state index in [0.717, 1.165) is 73.0 Å². The molecule has 2 aromatic carbocycles. The molecular formula is C47H56N12O4. The Hall–Kier alpha value is -6.42. The van der Waals surface area contributed by atoms with Crippen LogP contribution in [0.2, 0.25) is 0 Å². The molecule has 4 aliphatic rings. The lowest BCUT2D eigenvalue weighted by Crippen LogP contribution is -2.59. The summed E-state index contributed by atoms with van der Waals surface area (Å²) in [5, 5.41) is 12.6. The average Bonchev–Trinajstić information content (AvgIpc) is 3.79. The van der Waals surface area contributed by atoms with Crippen LogP contribution in [-0.2, 0) is 10.2 Å². The summed E-state index contributed by atoms with van der Waals surface area (Å²) in [5.41, 5.74) is 6.94. The second-order valence-electron chi connectivity index (χ2n) is 18.6. The van der Waals surface area contributed by atoms with Gasteiger partial charge in [0.2, 0.25) is 11.9 Å². The summed E-state index contributed by atoms with van der Waals surface area (Å²) in [5.74, 6) is 0.945. The predicted molar refractivity (Wildman–Crippen MR) is 241 cm³/mol. The van der Waals surface area contributed by atoms with Crippen LogP contribution in [0.25, 0.3) is 11.3 Å². The van der Waals surface area contributed by atoms with Crippen LogP contribution >= 0.6 is 0 Å². The zero-order valence-electron chi connectivity index (χ0n) is 36.7. The summed E-state index contributed by atoms with van der Waals surface area (Å²) in [7, 11) is 0. The SMILES string of the molecule is Cc1cc(-c2ccnc(Nc3ccc(N4CCN(C5CC6(CCN(c7ccc(N8CCC(=O)NC8=O)cc7)CC6)C5)CC4)cn3)n2)ccc1[C@@H](C)NC(=O)c1nc(C(C)(C)C)no1. The molecule has 5 aromatic rings. The maximum absolute atomic E-state index is 12.9. The van der Waals surface area contributed by atoms with Crippen LogP contribution in [0.5, 0.6) is 0 Å². The van der Waals surface area contributed by atoms with E-state index in [0.29, 0.717) is 42.0 Å². The third-order valence-corrected chi connectivity index (χ3v) is 13.3. The molecule has 6 heterocycles. The monoisotopic (exact) mass is 852 g/mol. The number of hydrogen-bond donors (Lipinski definition) is 3. The molecule has 328 valence electrons. The van der Waals surface area contributed by atoms with E-state index in [9.17, 15) is 14.4 Å². The van der Waals surface area contributed by atoms with Crippen molar-refractivity contribution in [1.29, 1.82) is 0 Å². The van der Waals surface area contributed by atoms with Crippen LogP contribution in [0.3, 0.4) is 0 Å². The number of pyridine rings is 1. The van der Waals surface area contributed by atoms with Gasteiger partial charge in [0.05, 0.1) is 23.6 Å². The molecule has 0 bridgehead atoms. The minimum Gasteiger partial charge on any atom is -0.371 e. The molecule has 3 N–H and O–H groups in total. The number of urea groups is 1. The first-order valence-electron chi connectivity index (χ1n) is 22.1. The Balaban J connectivity index is 0.722. The molecule has 1 atom stereocenters. The second-order valence-corrected chi connectivity index (χ2v) is 18.6. The number of carbonyl (C=O) groups excluding carboxylic acids is 3. The maximum atomic E-state index is 12.9. The van der Waals surface area contributed by atoms with Crippen LogP contribution in [0.15, 0.2) is 77.6 Å². The number of nitrogens with one attached hydrogen (secondary N) is 3. The van der Waals surface area contributed by atoms with Gasteiger partial charge < -0.3 is 25.0 Å². The molecule has 4 amide bonds. The van der Waals surface area contributed by atoms with Crippen molar-refractivity contribution in [3.05, 3.63) is 95.9 Å². The Morgan fingerprint density at radius 1 is 0.857 bits per heavy atom. The molecule has 3 saturated heterocycles. The first kappa shape index (κ1) is 41.9. The van der Waals surface area contributed by atoms with E-state index < -0.39 is 5.91 Å². The van der Waals surface area contributed by atoms with Crippen molar-refractivity contribution < 1.29 is 18.9 Å². The van der Waals surface area contributed by atoms with Crippen molar-refractivity contribution in [3.63, 3.8) is 0 Å². The third kappa shape index (κ3) is 9.08. The Labute approximate surface area is 367 Å². The number of aryl methyl sites for hydroxylation is 1. The summed E-state index contributed by atoms with van der Waals surface area (Å²) >= 11 is 0. The van der Waals surface area contributed by atoms with Crippen molar-refractivity contribution in [2.24, 2.45) is 5.41 Å². The molecule has 3 aliphatic heterocycles. The van der Waals surface area contributed by atoms with E-state index in [1.807, 2.05) is 77.2 Å². The van der Waals surface area contributed by atoms with Gasteiger partial charge >= 0.3 is 17.8 Å². The smallest absolute Gasteiger partial charge is 0.328 e. The molecule has 1 saturated carbocycles. The van der Waals surface area contributed by atoms with E-state index in [4.69, 9.17) is 14.5 Å². The zero-order valence-corrected chi connectivity index (χ0v) is 36.7. The highest BCUT2D eigenvalue weighted by atomic mass is 16.5. The number of carbonyl (C=O) groups is 3. The minimum atomic E-state index is -0.411. The fourth-order valence-electron chi connectivity index (χ4n) is 9.46. The van der Waals surface area contributed by atoms with E-state index in [2.05, 4.69) is 70.0 Å². The first-order chi connectivity index (χ1) is 30.3. The van der Waals surface area contributed by atoms with E-state index in [1.165, 1.54) is 31.4 Å². The Morgan fingerprint density at radius 2 is 1.57 bits per heavy atom. The largest absolute Gasteiger partial charge is 0.371 e. The summed E-state index contributed by atoms with van der Waals surface area (Å²) < 4.78 is 5.23. The highest BCUT2D eigenvalue weighted by Crippen LogP contribution is 2.51. The van der Waals surface area contributed by atoms with Gasteiger partial charge in [0.1, 0.15) is 5.82 Å². The number of aromatic nitrogens is 5. The topological polar surface area (TPSA) is 178 Å². The highest BCUT2D eigenvalue weighted by molar-refractivity contribution is 6.05. The van der Waals surface area contributed by atoms with Gasteiger partial charge in [-0.15, -0.1) is 0 Å². The molecular weight excluding hydrogens is 797 g/mol. The Morgan fingerprint density at radius 3 is 2.24 bits per heavy atom. The molecule has 1 spiro atoms. The lowest BCUT2D eigenvalue weighted by Gasteiger charge is -2.56. The van der Waals surface area contributed by atoms with E-state index >= 15 is 0 Å². The lowest BCUT2D eigenvalue weighted by atomic mass is 9.60. The second kappa shape index (κ2) is 17.0. The van der Waals surface area contributed by atoms with Crippen molar-refractivity contribution >= 4 is 46.7 Å². The van der Waals surface area contributed by atoms with E-state index in [1.54, 1.807) is 11.1 Å². The number of piperidine rings is 1. The maximum Gasteiger partial charge on any atom is 0.328 e. The summed E-state index contributed by atoms with van der Waals surface area (Å²) in [6, 6.07) is 20.3. The number of anilines is 5. The summed E-state index contributed by atoms with van der Waals surface area (Å²) in [6.45, 7) is 16.4. The number of imide groups is 1. The fourth-order valence-corrected chi connectivity index (χ4v) is 9.46. The van der Waals surface area contributed by atoms with Gasteiger partial charge in [0.25, 0.3) is 0 Å². The number of rotatable bonds is 10. The molecule has 0 unspecified atom stereocenters. The normalized spacial score (nSPS) is 18.8. The summed E-state index contributed by atoms with van der Waals surface area (Å²) in [4.78, 5) is 64.1. The third-order valence-electron chi connectivity index (χ3n) is 13.3. The number of amides is 4. The molecule has 1 aliphatic carbocycles. The molecule has 9 rings (SSSR count). The standard InChI is InChI=1S/C47H56N12O4/c1-30-26-32(6-12-37(30)31(2)50-41(61)42-54-43(55-63-42)46(3,4)5)38-14-18-48-44(51-38)52-39-13-11-35(29-49-39)57-22-24-58(25-23-57)36-27-47(28-36)16-20-56(21-17-47)33-7-9-34(10-8-33)59-19-15-40(60)53-45(59)62/h6-14,18,26,29,31,36H,15-17,19-25,27-28H2,1-5H3,(H,50,61)(H,53,60,62)(H,48,49,51,52)/t31-/m1/s1. The number of nitrogens with zero attached hydrogens (tertiary/aromatic N) is 9. The first-order valence-corrected chi connectivity index (χ1v) is 22.1. The van der Waals surface area contributed by atoms with Crippen molar-refractivity contribution in [1.82, 2.24) is 40.6 Å². The molecule has 3 aromatic heterocycles. The van der Waals surface area contributed by atoms with Gasteiger partial charge in [0.15, 0.2) is 5.82 Å². The number of benzene rings is 2. The fraction of sp³-hybridized carbons (Fsp3) is 0.447. The number of hydrogen-bond acceptors (Lipinski definition) is 13. The van der Waals surface area contributed by atoms with Gasteiger partial charge in [-0.1, -0.05) is 38.1 Å². The van der Waals surface area contributed by atoms with Crippen LogP contribution in [0, 0.1) is 12.3 Å². The summed E-state index contributed by atoms with van der Waals surface area (Å²) in [6.07, 6.45) is 8.97. The zero-order chi connectivity index (χ0) is 43.9. The van der Waals surface area contributed by atoms with Crippen LogP contribution in [0.1, 0.15) is 93.5 Å². The average molecular weight is 853 g/mol.